The van der Waals surface area contributed by atoms with E-state index in [2.05, 4.69) is 33.4 Å². The third-order valence-corrected chi connectivity index (χ3v) is 6.11. The first-order valence-electron chi connectivity index (χ1n) is 10.4. The zero-order valence-electron chi connectivity index (χ0n) is 17.3. The molecule has 156 valence electrons. The fourth-order valence-corrected chi connectivity index (χ4v) is 4.38. The van der Waals surface area contributed by atoms with Crippen LogP contribution in [0.15, 0.2) is 59.1 Å². The number of hydrogen-bond donors (Lipinski definition) is 1. The monoisotopic (exact) mass is 467 g/mol. The summed E-state index contributed by atoms with van der Waals surface area (Å²) in [6, 6.07) is 18.1. The predicted molar refractivity (Wildman–Crippen MR) is 123 cm³/mol. The van der Waals surface area contributed by atoms with Gasteiger partial charge in [-0.05, 0) is 101 Å². The Morgan fingerprint density at radius 2 is 1.67 bits per heavy atom. The van der Waals surface area contributed by atoms with E-state index >= 15 is 0 Å². The van der Waals surface area contributed by atoms with Gasteiger partial charge in [0.25, 0.3) is 0 Å². The van der Waals surface area contributed by atoms with Crippen molar-refractivity contribution in [2.45, 2.75) is 51.7 Å². The number of rotatable bonds is 6. The lowest BCUT2D eigenvalue weighted by Crippen LogP contribution is -2.23. The Bertz CT molecular complexity index is 1060. The van der Waals surface area contributed by atoms with Gasteiger partial charge in [0, 0.05) is 6.92 Å². The third-order valence-electron chi connectivity index (χ3n) is 5.49. The standard InChI is InChI=1S/C25H26BrNO3/c1-16(27-17(2)28)18-7-8-20-14-22(10-9-19(20)13-18)29-23-11-12-25(24(26)15-23)30-21-5-3-4-6-21/h7-16,21H,3-6H2,1-2H3,(H,27,28). The van der Waals surface area contributed by atoms with Crippen LogP contribution in [0, 0.1) is 0 Å². The van der Waals surface area contributed by atoms with E-state index in [1.54, 1.807) is 0 Å². The van der Waals surface area contributed by atoms with E-state index < -0.39 is 0 Å². The molecule has 3 aromatic carbocycles. The highest BCUT2D eigenvalue weighted by Crippen LogP contribution is 2.35. The molecule has 1 fully saturated rings. The number of ether oxygens (including phenoxy) is 2. The van der Waals surface area contributed by atoms with Crippen LogP contribution in [0.5, 0.6) is 17.2 Å². The van der Waals surface area contributed by atoms with E-state index in [0.29, 0.717) is 6.10 Å². The maximum atomic E-state index is 11.3. The Kier molecular flexibility index (Phi) is 6.28. The summed E-state index contributed by atoms with van der Waals surface area (Å²) in [5.41, 5.74) is 1.08. The van der Waals surface area contributed by atoms with Crippen LogP contribution in [0.25, 0.3) is 10.8 Å². The van der Waals surface area contributed by atoms with Gasteiger partial charge in [-0.3, -0.25) is 4.79 Å². The highest BCUT2D eigenvalue weighted by Gasteiger charge is 2.18. The van der Waals surface area contributed by atoms with Gasteiger partial charge in [0.05, 0.1) is 16.6 Å². The molecule has 1 unspecified atom stereocenters. The normalized spacial score (nSPS) is 15.2. The van der Waals surface area contributed by atoms with Crippen molar-refractivity contribution in [3.63, 3.8) is 0 Å². The molecule has 1 aliphatic rings. The lowest BCUT2D eigenvalue weighted by molar-refractivity contribution is -0.119. The van der Waals surface area contributed by atoms with Gasteiger partial charge in [-0.25, -0.2) is 0 Å². The SMILES string of the molecule is CC(=O)NC(C)c1ccc2cc(Oc3ccc(OC4CCCC4)c(Br)c3)ccc2c1. The van der Waals surface area contributed by atoms with E-state index in [-0.39, 0.29) is 11.9 Å². The molecule has 1 saturated carbocycles. The van der Waals surface area contributed by atoms with Crippen molar-refractivity contribution in [2.75, 3.05) is 0 Å². The number of amides is 1. The first-order chi connectivity index (χ1) is 14.5. The quantitative estimate of drug-likeness (QED) is 0.428. The molecule has 4 rings (SSSR count). The highest BCUT2D eigenvalue weighted by atomic mass is 79.9. The third kappa shape index (κ3) is 4.96. The summed E-state index contributed by atoms with van der Waals surface area (Å²) in [6.07, 6.45) is 5.09. The smallest absolute Gasteiger partial charge is 0.217 e. The zero-order chi connectivity index (χ0) is 21.1. The van der Waals surface area contributed by atoms with Crippen molar-refractivity contribution < 1.29 is 14.3 Å². The second-order valence-electron chi connectivity index (χ2n) is 7.91. The van der Waals surface area contributed by atoms with Gasteiger partial charge in [-0.1, -0.05) is 18.2 Å². The first-order valence-corrected chi connectivity index (χ1v) is 11.2. The number of nitrogens with one attached hydrogen (secondary N) is 1. The number of carbonyl (C=O) groups excluding carboxylic acids is 1. The molecule has 30 heavy (non-hydrogen) atoms. The molecule has 0 heterocycles. The van der Waals surface area contributed by atoms with Crippen LogP contribution in [0.2, 0.25) is 0 Å². The summed E-state index contributed by atoms with van der Waals surface area (Å²) < 4.78 is 13.1. The van der Waals surface area contributed by atoms with E-state index in [1.165, 1.54) is 19.8 Å². The number of benzene rings is 3. The number of hydrogen-bond acceptors (Lipinski definition) is 3. The fraction of sp³-hybridized carbons (Fsp3) is 0.320. The number of carbonyl (C=O) groups is 1. The van der Waals surface area contributed by atoms with Crippen LogP contribution in [-0.2, 0) is 4.79 Å². The summed E-state index contributed by atoms with van der Waals surface area (Å²) in [5.74, 6) is 2.38. The number of halogens is 1. The van der Waals surface area contributed by atoms with Gasteiger partial charge in [-0.15, -0.1) is 0 Å². The van der Waals surface area contributed by atoms with Gasteiger partial charge in [0.1, 0.15) is 17.2 Å². The molecule has 1 aliphatic carbocycles. The van der Waals surface area contributed by atoms with Crippen LogP contribution in [0.1, 0.15) is 51.1 Å². The van der Waals surface area contributed by atoms with E-state index in [9.17, 15) is 4.79 Å². The summed E-state index contributed by atoms with van der Waals surface area (Å²) in [7, 11) is 0. The molecule has 0 saturated heterocycles. The maximum Gasteiger partial charge on any atom is 0.217 e. The van der Waals surface area contributed by atoms with Crippen LogP contribution >= 0.6 is 15.9 Å². The van der Waals surface area contributed by atoms with Gasteiger partial charge in [0.2, 0.25) is 5.91 Å². The molecule has 0 spiro atoms. The van der Waals surface area contributed by atoms with Gasteiger partial charge >= 0.3 is 0 Å². The summed E-state index contributed by atoms with van der Waals surface area (Å²) in [5, 5.41) is 5.12. The van der Waals surface area contributed by atoms with Crippen molar-refractivity contribution in [1.29, 1.82) is 0 Å². The van der Waals surface area contributed by atoms with Crippen LogP contribution in [0.3, 0.4) is 0 Å². The summed E-state index contributed by atoms with van der Waals surface area (Å²) in [6.45, 7) is 3.52. The molecule has 0 bridgehead atoms. The zero-order valence-corrected chi connectivity index (χ0v) is 18.9. The largest absolute Gasteiger partial charge is 0.489 e. The summed E-state index contributed by atoms with van der Waals surface area (Å²) in [4.78, 5) is 11.3. The first kappa shape index (κ1) is 20.7. The topological polar surface area (TPSA) is 47.6 Å². The van der Waals surface area contributed by atoms with Crippen molar-refractivity contribution >= 4 is 32.6 Å². The lowest BCUT2D eigenvalue weighted by Gasteiger charge is -2.16. The van der Waals surface area contributed by atoms with Crippen molar-refractivity contribution in [2.24, 2.45) is 0 Å². The molecular weight excluding hydrogens is 442 g/mol. The minimum Gasteiger partial charge on any atom is -0.489 e. The van der Waals surface area contributed by atoms with Crippen LogP contribution in [-0.4, -0.2) is 12.0 Å². The van der Waals surface area contributed by atoms with Gasteiger partial charge in [0.15, 0.2) is 0 Å². The Morgan fingerprint density at radius 1 is 1.00 bits per heavy atom. The molecule has 3 aromatic rings. The van der Waals surface area contributed by atoms with Crippen LogP contribution in [0.4, 0.5) is 0 Å². The minimum absolute atomic E-state index is 0.0230. The predicted octanol–water partition coefficient (Wildman–Crippen LogP) is 6.91. The van der Waals surface area contributed by atoms with E-state index in [0.717, 1.165) is 50.9 Å². The maximum absolute atomic E-state index is 11.3. The van der Waals surface area contributed by atoms with Crippen molar-refractivity contribution in [3.05, 3.63) is 64.6 Å². The molecular formula is C25H26BrNO3. The lowest BCUT2D eigenvalue weighted by atomic mass is 10.0. The van der Waals surface area contributed by atoms with Gasteiger partial charge < -0.3 is 14.8 Å². The van der Waals surface area contributed by atoms with Crippen LogP contribution < -0.4 is 14.8 Å². The average Bonchev–Trinajstić information content (AvgIpc) is 3.22. The molecule has 0 aliphatic heterocycles. The molecule has 5 heteroatoms. The Hall–Kier alpha value is -2.53. The molecule has 0 radical (unpaired) electrons. The van der Waals surface area contributed by atoms with E-state index in [1.807, 2.05) is 49.4 Å². The molecule has 1 atom stereocenters. The molecule has 0 aromatic heterocycles. The van der Waals surface area contributed by atoms with Crippen molar-refractivity contribution in [3.8, 4) is 17.2 Å². The van der Waals surface area contributed by atoms with Crippen molar-refractivity contribution in [1.82, 2.24) is 5.32 Å². The second kappa shape index (κ2) is 9.09. The number of fused-ring (bicyclic) bond motifs is 1. The van der Waals surface area contributed by atoms with Gasteiger partial charge in [-0.2, -0.15) is 0 Å². The molecule has 1 N–H and O–H groups in total. The second-order valence-corrected chi connectivity index (χ2v) is 8.76. The molecule has 1 amide bonds. The molecule has 4 nitrogen and oxygen atoms in total. The minimum atomic E-state index is -0.0304. The fourth-order valence-electron chi connectivity index (χ4n) is 3.93. The summed E-state index contributed by atoms with van der Waals surface area (Å²) >= 11 is 3.61. The van der Waals surface area contributed by atoms with E-state index in [4.69, 9.17) is 9.47 Å². The Balaban J connectivity index is 1.48. The average molecular weight is 468 g/mol. The highest BCUT2D eigenvalue weighted by molar-refractivity contribution is 9.10. The Labute approximate surface area is 185 Å². The Morgan fingerprint density at radius 3 is 2.40 bits per heavy atom.